The lowest BCUT2D eigenvalue weighted by Crippen LogP contribution is -2.13. The van der Waals surface area contributed by atoms with E-state index in [0.29, 0.717) is 11.8 Å². The molecule has 0 spiro atoms. The molecular weight excluding hydrogens is 151 g/mol. The van der Waals surface area contributed by atoms with E-state index in [9.17, 15) is 4.39 Å². The topological polar surface area (TPSA) is 0 Å². The van der Waals surface area contributed by atoms with Crippen molar-refractivity contribution >= 4 is 0 Å². The van der Waals surface area contributed by atoms with Gasteiger partial charge in [0.2, 0.25) is 0 Å². The highest BCUT2D eigenvalue weighted by Gasteiger charge is 2.19. The first-order valence-corrected chi connectivity index (χ1v) is 4.61. The summed E-state index contributed by atoms with van der Waals surface area (Å²) in [5, 5.41) is 0. The molecule has 1 atom stereocenters. The minimum atomic E-state index is 0.635. The first kappa shape index (κ1) is 9.50. The zero-order valence-corrected chi connectivity index (χ0v) is 8.10. The molecule has 0 bridgehead atoms. The fourth-order valence-electron chi connectivity index (χ4n) is 1.62. The molecule has 0 fully saturated rings. The third kappa shape index (κ3) is 1.96. The van der Waals surface area contributed by atoms with Gasteiger partial charge < -0.3 is 0 Å². The van der Waals surface area contributed by atoms with Crippen molar-refractivity contribution in [3.8, 4) is 0 Å². The van der Waals surface area contributed by atoms with Crippen LogP contribution in [0.1, 0.15) is 33.6 Å². The molecule has 0 unspecified atom stereocenters. The smallest absolute Gasteiger partial charge is 0.0901 e. The summed E-state index contributed by atoms with van der Waals surface area (Å²) >= 11 is 0. The molecule has 1 aliphatic carbocycles. The van der Waals surface area contributed by atoms with Gasteiger partial charge >= 0.3 is 0 Å². The molecule has 1 heteroatoms. The predicted molar refractivity (Wildman–Crippen MR) is 50.5 cm³/mol. The Morgan fingerprint density at radius 1 is 1.58 bits per heavy atom. The molecule has 0 amide bonds. The second kappa shape index (κ2) is 3.88. The molecule has 0 saturated heterocycles. The molecule has 0 saturated carbocycles. The number of hydrogen-bond donors (Lipinski definition) is 0. The van der Waals surface area contributed by atoms with Gasteiger partial charge in [-0.05, 0) is 42.7 Å². The number of rotatable bonds is 1. The molecule has 0 N–H and O–H groups in total. The molecule has 1 rings (SSSR count). The maximum Gasteiger partial charge on any atom is 0.0901 e. The summed E-state index contributed by atoms with van der Waals surface area (Å²) in [5.41, 5.74) is 2.01. The maximum absolute atomic E-state index is 12.4. The minimum absolute atomic E-state index is 0.635. The average Bonchev–Trinajstić information content (AvgIpc) is 2.05. The van der Waals surface area contributed by atoms with Crippen LogP contribution in [0.15, 0.2) is 23.6 Å². The van der Waals surface area contributed by atoms with Crippen molar-refractivity contribution in [2.45, 2.75) is 33.6 Å². The zero-order chi connectivity index (χ0) is 9.14. The van der Waals surface area contributed by atoms with Crippen LogP contribution < -0.4 is 0 Å². The average molecular weight is 168 g/mol. The zero-order valence-electron chi connectivity index (χ0n) is 8.10. The Balaban J connectivity index is 2.71. The highest BCUT2D eigenvalue weighted by Crippen LogP contribution is 2.32. The van der Waals surface area contributed by atoms with E-state index < -0.39 is 0 Å². The number of halogens is 1. The van der Waals surface area contributed by atoms with Gasteiger partial charge in [-0.2, -0.15) is 0 Å². The standard InChI is InChI=1S/C11H17F/c1-8(2)10-5-4-9(3)11(6-10)7-12/h4,7-8,10H,5-6H2,1-3H3/b11-7-/t10-/m1/s1. The summed E-state index contributed by atoms with van der Waals surface area (Å²) in [7, 11) is 0. The van der Waals surface area contributed by atoms with Gasteiger partial charge in [-0.3, -0.25) is 0 Å². The molecule has 1 aliphatic rings. The normalized spacial score (nSPS) is 27.9. The van der Waals surface area contributed by atoms with E-state index in [1.165, 1.54) is 0 Å². The summed E-state index contributed by atoms with van der Waals surface area (Å²) in [5.74, 6) is 1.29. The molecule has 0 heterocycles. The first-order valence-electron chi connectivity index (χ1n) is 4.61. The molecule has 0 aromatic rings. The quantitative estimate of drug-likeness (QED) is 0.558. The monoisotopic (exact) mass is 168 g/mol. The molecule has 0 aromatic heterocycles. The Labute approximate surface area is 74.2 Å². The summed E-state index contributed by atoms with van der Waals surface area (Å²) < 4.78 is 12.4. The van der Waals surface area contributed by atoms with Crippen molar-refractivity contribution in [1.82, 2.24) is 0 Å². The Morgan fingerprint density at radius 3 is 2.75 bits per heavy atom. The highest BCUT2D eigenvalue weighted by atomic mass is 19.1. The van der Waals surface area contributed by atoms with Crippen LogP contribution in [0.5, 0.6) is 0 Å². The molecule has 12 heavy (non-hydrogen) atoms. The largest absolute Gasteiger partial charge is 0.215 e. The maximum atomic E-state index is 12.4. The third-order valence-electron chi connectivity index (χ3n) is 2.79. The summed E-state index contributed by atoms with van der Waals surface area (Å²) in [6.07, 6.45) is 4.94. The lowest BCUT2D eigenvalue weighted by atomic mass is 9.80. The van der Waals surface area contributed by atoms with Gasteiger partial charge in [0, 0.05) is 0 Å². The highest BCUT2D eigenvalue weighted by molar-refractivity contribution is 5.30. The number of hydrogen-bond acceptors (Lipinski definition) is 0. The molecule has 0 nitrogen and oxygen atoms in total. The van der Waals surface area contributed by atoms with Crippen molar-refractivity contribution in [3.05, 3.63) is 23.6 Å². The number of allylic oxidation sites excluding steroid dienone is 3. The van der Waals surface area contributed by atoms with Crippen LogP contribution in [-0.4, -0.2) is 0 Å². The van der Waals surface area contributed by atoms with Gasteiger partial charge in [-0.1, -0.05) is 19.9 Å². The van der Waals surface area contributed by atoms with E-state index in [1.54, 1.807) is 0 Å². The summed E-state index contributed by atoms with van der Waals surface area (Å²) in [4.78, 5) is 0. The van der Waals surface area contributed by atoms with E-state index in [4.69, 9.17) is 0 Å². The van der Waals surface area contributed by atoms with Gasteiger partial charge in [0.25, 0.3) is 0 Å². The van der Waals surface area contributed by atoms with Crippen molar-refractivity contribution in [3.63, 3.8) is 0 Å². The molecule has 0 radical (unpaired) electrons. The molecule has 68 valence electrons. The third-order valence-corrected chi connectivity index (χ3v) is 2.79. The van der Waals surface area contributed by atoms with E-state index in [-0.39, 0.29) is 0 Å². The van der Waals surface area contributed by atoms with Crippen molar-refractivity contribution < 1.29 is 4.39 Å². The summed E-state index contributed by atoms with van der Waals surface area (Å²) in [6, 6.07) is 0. The second-order valence-electron chi connectivity index (χ2n) is 3.97. The van der Waals surface area contributed by atoms with Gasteiger partial charge in [-0.25, -0.2) is 4.39 Å². The van der Waals surface area contributed by atoms with E-state index in [1.807, 2.05) is 6.92 Å². The van der Waals surface area contributed by atoms with Crippen molar-refractivity contribution in [2.75, 3.05) is 0 Å². The van der Waals surface area contributed by atoms with Crippen LogP contribution in [0.4, 0.5) is 4.39 Å². The van der Waals surface area contributed by atoms with Gasteiger partial charge in [0.05, 0.1) is 6.33 Å². The lowest BCUT2D eigenvalue weighted by molar-refractivity contribution is 0.376. The summed E-state index contributed by atoms with van der Waals surface area (Å²) in [6.45, 7) is 6.39. The van der Waals surface area contributed by atoms with Crippen LogP contribution in [0.3, 0.4) is 0 Å². The van der Waals surface area contributed by atoms with E-state index in [0.717, 1.165) is 30.3 Å². The minimum Gasteiger partial charge on any atom is -0.215 e. The van der Waals surface area contributed by atoms with Crippen LogP contribution >= 0.6 is 0 Å². The lowest BCUT2D eigenvalue weighted by Gasteiger charge is -2.25. The second-order valence-corrected chi connectivity index (χ2v) is 3.97. The SMILES string of the molecule is CC1=CC[C@@H](C(C)C)C/C1=C/F. The Hall–Kier alpha value is -0.590. The molecule has 0 aliphatic heterocycles. The van der Waals surface area contributed by atoms with Crippen LogP contribution in [0, 0.1) is 11.8 Å². The van der Waals surface area contributed by atoms with Gasteiger partial charge in [0.1, 0.15) is 0 Å². The van der Waals surface area contributed by atoms with Gasteiger partial charge in [0.15, 0.2) is 0 Å². The van der Waals surface area contributed by atoms with Crippen LogP contribution in [0.25, 0.3) is 0 Å². The van der Waals surface area contributed by atoms with Crippen LogP contribution in [-0.2, 0) is 0 Å². The fraction of sp³-hybridized carbons (Fsp3) is 0.636. The van der Waals surface area contributed by atoms with Crippen molar-refractivity contribution in [1.29, 1.82) is 0 Å². The van der Waals surface area contributed by atoms with Gasteiger partial charge in [-0.15, -0.1) is 0 Å². The Morgan fingerprint density at radius 2 is 2.25 bits per heavy atom. The molecule has 0 aromatic carbocycles. The fourth-order valence-corrected chi connectivity index (χ4v) is 1.62. The first-order chi connectivity index (χ1) is 5.65. The Bertz CT molecular complexity index is 211. The van der Waals surface area contributed by atoms with Crippen LogP contribution in [0.2, 0.25) is 0 Å². The predicted octanol–water partition coefficient (Wildman–Crippen LogP) is 3.85. The van der Waals surface area contributed by atoms with E-state index in [2.05, 4.69) is 19.9 Å². The van der Waals surface area contributed by atoms with Crippen molar-refractivity contribution in [2.24, 2.45) is 11.8 Å². The van der Waals surface area contributed by atoms with E-state index >= 15 is 0 Å². The molecular formula is C11H17F. The Kier molecular flexibility index (Phi) is 3.07.